The second-order valence-electron chi connectivity index (χ2n) is 9.00. The molecule has 1 heterocycles. The van der Waals surface area contributed by atoms with Gasteiger partial charge in [-0.1, -0.05) is 20.8 Å². The summed E-state index contributed by atoms with van der Waals surface area (Å²) in [5.41, 5.74) is -4.25. The predicted molar refractivity (Wildman–Crippen MR) is 100 cm³/mol. The molecule has 166 valence electrons. The minimum absolute atomic E-state index is 0.0199. The molecule has 0 aliphatic rings. The molecular weight excluding hydrogens is 412 g/mol. The summed E-state index contributed by atoms with van der Waals surface area (Å²) in [5.74, 6) is -0.930. The molecule has 10 heteroatoms. The van der Waals surface area contributed by atoms with Gasteiger partial charge in [0.05, 0.1) is 22.4 Å². The number of hydrogen-bond acceptors (Lipinski definition) is 2. The summed E-state index contributed by atoms with van der Waals surface area (Å²) in [5, 5.41) is 6.87. The Bertz CT molecular complexity index is 911. The first-order valence-corrected chi connectivity index (χ1v) is 9.02. The molecule has 1 N–H and O–H groups in total. The number of hydrogen-bond donors (Lipinski definition) is 1. The summed E-state index contributed by atoms with van der Waals surface area (Å²) in [7, 11) is 0. The van der Waals surface area contributed by atoms with E-state index in [1.54, 1.807) is 26.8 Å². The molecule has 4 nitrogen and oxygen atoms in total. The standard InChI is InChI=1S/C20H23F6N3O/c1-17(2,3)14-10-15(29(28-14)18(4,5)6)27-16(30)11-7-12(19(21,22)23)9-13(8-11)20(24,25)26/h7-10H,1-6H3,(H,27,30). The van der Waals surface area contributed by atoms with E-state index in [1.807, 2.05) is 20.8 Å². The van der Waals surface area contributed by atoms with Crippen molar-refractivity contribution in [3.63, 3.8) is 0 Å². The maximum Gasteiger partial charge on any atom is 0.416 e. The number of anilines is 1. The van der Waals surface area contributed by atoms with Crippen LogP contribution in [0.4, 0.5) is 32.2 Å². The minimum atomic E-state index is -5.04. The molecule has 30 heavy (non-hydrogen) atoms. The van der Waals surface area contributed by atoms with Gasteiger partial charge in [0.25, 0.3) is 5.91 Å². The van der Waals surface area contributed by atoms with Crippen molar-refractivity contribution in [2.24, 2.45) is 0 Å². The van der Waals surface area contributed by atoms with Gasteiger partial charge in [-0.2, -0.15) is 31.4 Å². The number of aromatic nitrogens is 2. The first-order valence-electron chi connectivity index (χ1n) is 9.02. The summed E-state index contributed by atoms with van der Waals surface area (Å²) < 4.78 is 79.9. The first-order chi connectivity index (χ1) is 13.3. The van der Waals surface area contributed by atoms with E-state index in [-0.39, 0.29) is 11.9 Å². The molecule has 1 aromatic carbocycles. The predicted octanol–water partition coefficient (Wildman–Crippen LogP) is 6.23. The van der Waals surface area contributed by atoms with E-state index < -0.39 is 45.9 Å². The Morgan fingerprint density at radius 3 is 1.67 bits per heavy atom. The average molecular weight is 435 g/mol. The highest BCUT2D eigenvalue weighted by Crippen LogP contribution is 2.36. The Morgan fingerprint density at radius 2 is 1.30 bits per heavy atom. The summed E-state index contributed by atoms with van der Waals surface area (Å²) >= 11 is 0. The van der Waals surface area contributed by atoms with Crippen molar-refractivity contribution in [2.45, 2.75) is 64.8 Å². The lowest BCUT2D eigenvalue weighted by atomic mass is 9.92. The number of nitrogens with zero attached hydrogens (tertiary/aromatic N) is 2. The normalized spacial score (nSPS) is 13.5. The zero-order chi connectivity index (χ0) is 23.3. The second-order valence-corrected chi connectivity index (χ2v) is 9.00. The highest BCUT2D eigenvalue weighted by atomic mass is 19.4. The zero-order valence-electron chi connectivity index (χ0n) is 17.4. The van der Waals surface area contributed by atoms with Crippen molar-refractivity contribution in [1.29, 1.82) is 0 Å². The molecule has 0 fully saturated rings. The summed E-state index contributed by atoms with van der Waals surface area (Å²) in [6.07, 6.45) is -10.1. The van der Waals surface area contributed by atoms with Gasteiger partial charge in [-0.25, -0.2) is 4.68 Å². The van der Waals surface area contributed by atoms with Crippen molar-refractivity contribution in [1.82, 2.24) is 9.78 Å². The van der Waals surface area contributed by atoms with Crippen LogP contribution >= 0.6 is 0 Å². The molecule has 2 rings (SSSR count). The van der Waals surface area contributed by atoms with E-state index in [2.05, 4.69) is 10.4 Å². The van der Waals surface area contributed by atoms with Gasteiger partial charge in [-0.3, -0.25) is 4.79 Å². The number of carbonyl (C=O) groups excluding carboxylic acids is 1. The Balaban J connectivity index is 2.54. The SMILES string of the molecule is CC(C)(C)c1cc(NC(=O)c2cc(C(F)(F)F)cc(C(F)(F)F)c2)n(C(C)(C)C)n1. The third-order valence-corrected chi connectivity index (χ3v) is 4.20. The Labute approximate surface area is 170 Å². The smallest absolute Gasteiger partial charge is 0.307 e. The van der Waals surface area contributed by atoms with Gasteiger partial charge in [-0.15, -0.1) is 0 Å². The van der Waals surface area contributed by atoms with E-state index in [0.29, 0.717) is 17.8 Å². The van der Waals surface area contributed by atoms with Gasteiger partial charge < -0.3 is 5.32 Å². The number of amides is 1. The van der Waals surface area contributed by atoms with E-state index in [1.165, 1.54) is 4.68 Å². The minimum Gasteiger partial charge on any atom is -0.307 e. The number of alkyl halides is 6. The largest absolute Gasteiger partial charge is 0.416 e. The number of halogens is 6. The van der Waals surface area contributed by atoms with Crippen molar-refractivity contribution >= 4 is 11.7 Å². The number of nitrogens with one attached hydrogen (secondary N) is 1. The van der Waals surface area contributed by atoms with Crippen LogP contribution in [0, 0.1) is 0 Å². The molecule has 0 atom stereocenters. The van der Waals surface area contributed by atoms with Gasteiger partial charge >= 0.3 is 12.4 Å². The molecule has 0 aliphatic heterocycles. The lowest BCUT2D eigenvalue weighted by Gasteiger charge is -2.23. The van der Waals surface area contributed by atoms with Gasteiger partial charge in [-0.05, 0) is 39.0 Å². The molecule has 1 amide bonds. The molecule has 0 radical (unpaired) electrons. The third kappa shape index (κ3) is 5.34. The number of benzene rings is 1. The molecule has 0 spiro atoms. The Kier molecular flexibility index (Phi) is 5.79. The molecule has 0 saturated carbocycles. The fourth-order valence-corrected chi connectivity index (χ4v) is 2.62. The molecule has 0 aliphatic carbocycles. The maximum absolute atomic E-state index is 13.1. The monoisotopic (exact) mass is 435 g/mol. The Hall–Kier alpha value is -2.52. The third-order valence-electron chi connectivity index (χ3n) is 4.20. The molecule has 2 aromatic rings. The lowest BCUT2D eigenvalue weighted by Crippen LogP contribution is -2.27. The highest BCUT2D eigenvalue weighted by molar-refractivity contribution is 6.04. The number of rotatable bonds is 2. The number of carbonyl (C=O) groups is 1. The van der Waals surface area contributed by atoms with E-state index in [9.17, 15) is 31.1 Å². The quantitative estimate of drug-likeness (QED) is 0.569. The first kappa shape index (κ1) is 23.8. The van der Waals surface area contributed by atoms with Gasteiger partial charge in [0.15, 0.2) is 0 Å². The molecular formula is C20H23F6N3O. The Morgan fingerprint density at radius 1 is 0.833 bits per heavy atom. The summed E-state index contributed by atoms with van der Waals surface area (Å²) in [4.78, 5) is 12.6. The molecule has 0 bridgehead atoms. The van der Waals surface area contributed by atoms with Crippen LogP contribution in [0.5, 0.6) is 0 Å². The van der Waals surface area contributed by atoms with E-state index in [0.717, 1.165) is 0 Å². The summed E-state index contributed by atoms with van der Waals surface area (Å²) in [6.45, 7) is 11.1. The topological polar surface area (TPSA) is 46.9 Å². The van der Waals surface area contributed by atoms with Crippen LogP contribution < -0.4 is 5.32 Å². The molecule has 0 saturated heterocycles. The van der Waals surface area contributed by atoms with Crippen LogP contribution in [-0.2, 0) is 23.3 Å². The van der Waals surface area contributed by atoms with Crippen LogP contribution in [0.1, 0.15) is 68.7 Å². The van der Waals surface area contributed by atoms with Crippen LogP contribution in [0.2, 0.25) is 0 Å². The van der Waals surface area contributed by atoms with Crippen molar-refractivity contribution in [2.75, 3.05) is 5.32 Å². The van der Waals surface area contributed by atoms with Gasteiger partial charge in [0, 0.05) is 17.0 Å². The van der Waals surface area contributed by atoms with Gasteiger partial charge in [0.1, 0.15) is 5.82 Å². The second kappa shape index (κ2) is 7.31. The van der Waals surface area contributed by atoms with Gasteiger partial charge in [0.2, 0.25) is 0 Å². The highest BCUT2D eigenvalue weighted by Gasteiger charge is 2.37. The van der Waals surface area contributed by atoms with Crippen LogP contribution in [0.25, 0.3) is 0 Å². The summed E-state index contributed by atoms with van der Waals surface area (Å²) in [6, 6.07) is 2.33. The van der Waals surface area contributed by atoms with Crippen LogP contribution in [-0.4, -0.2) is 15.7 Å². The van der Waals surface area contributed by atoms with Crippen LogP contribution in [0.3, 0.4) is 0 Å². The van der Waals surface area contributed by atoms with Crippen molar-refractivity contribution < 1.29 is 31.1 Å². The maximum atomic E-state index is 13.1. The molecule has 0 unspecified atom stereocenters. The fourth-order valence-electron chi connectivity index (χ4n) is 2.62. The van der Waals surface area contributed by atoms with Crippen molar-refractivity contribution in [3.8, 4) is 0 Å². The van der Waals surface area contributed by atoms with E-state index >= 15 is 0 Å². The average Bonchev–Trinajstić information content (AvgIpc) is 2.97. The van der Waals surface area contributed by atoms with Crippen LogP contribution in [0.15, 0.2) is 24.3 Å². The fraction of sp³-hybridized carbons (Fsp3) is 0.500. The zero-order valence-corrected chi connectivity index (χ0v) is 17.4. The van der Waals surface area contributed by atoms with Crippen molar-refractivity contribution in [3.05, 3.63) is 46.6 Å². The molecule has 1 aromatic heterocycles. The lowest BCUT2D eigenvalue weighted by molar-refractivity contribution is -0.143. The van der Waals surface area contributed by atoms with E-state index in [4.69, 9.17) is 0 Å².